The maximum atomic E-state index is 14.0. The summed E-state index contributed by atoms with van der Waals surface area (Å²) in [6.45, 7) is 7.82. The molecule has 41 heavy (non-hydrogen) atoms. The van der Waals surface area contributed by atoms with Crippen molar-refractivity contribution in [1.82, 2.24) is 9.80 Å². The second-order valence-electron chi connectivity index (χ2n) is 10.7. The largest absolute Gasteiger partial charge is 0.454 e. The first-order valence-corrected chi connectivity index (χ1v) is 14.3. The van der Waals surface area contributed by atoms with Gasteiger partial charge < -0.3 is 30.1 Å². The van der Waals surface area contributed by atoms with Gasteiger partial charge >= 0.3 is 0 Å². The number of nitrogens with two attached hydrogens (primary N) is 1. The van der Waals surface area contributed by atoms with E-state index in [2.05, 4.69) is 0 Å². The lowest BCUT2D eigenvalue weighted by Crippen LogP contribution is -2.46. The molecule has 0 aliphatic carbocycles. The maximum Gasteiger partial charge on any atom is 0.254 e. The van der Waals surface area contributed by atoms with Gasteiger partial charge in [0, 0.05) is 43.3 Å². The molecule has 2 amide bonds. The highest BCUT2D eigenvalue weighted by atomic mass is 16.7. The van der Waals surface area contributed by atoms with Crippen LogP contribution in [0.3, 0.4) is 0 Å². The molecule has 3 aromatic rings. The van der Waals surface area contributed by atoms with E-state index in [1.165, 1.54) is 0 Å². The van der Waals surface area contributed by atoms with Crippen LogP contribution >= 0.6 is 0 Å². The summed E-state index contributed by atoms with van der Waals surface area (Å²) in [6, 6.07) is 19.9. The summed E-state index contributed by atoms with van der Waals surface area (Å²) < 4.78 is 10.8. The van der Waals surface area contributed by atoms with Crippen molar-refractivity contribution in [2.75, 3.05) is 26.4 Å². The highest BCUT2D eigenvalue weighted by Crippen LogP contribution is 2.32. The van der Waals surface area contributed by atoms with Crippen LogP contribution in [0.5, 0.6) is 11.5 Å². The fraction of sp³-hybridized carbons (Fsp3) is 0.394. The average molecular weight is 560 g/mol. The highest BCUT2D eigenvalue weighted by molar-refractivity contribution is 6.00. The lowest BCUT2D eigenvalue weighted by Gasteiger charge is -2.29. The van der Waals surface area contributed by atoms with Crippen LogP contribution < -0.4 is 15.2 Å². The minimum Gasteiger partial charge on any atom is -0.454 e. The average Bonchev–Trinajstić information content (AvgIpc) is 3.44. The number of hydrogen-bond donors (Lipinski definition) is 2. The van der Waals surface area contributed by atoms with E-state index < -0.39 is 12.1 Å². The second kappa shape index (κ2) is 14.1. The molecule has 218 valence electrons. The Balaban J connectivity index is 1.55. The zero-order valence-corrected chi connectivity index (χ0v) is 24.2. The van der Waals surface area contributed by atoms with Gasteiger partial charge in [-0.05, 0) is 73.2 Å². The summed E-state index contributed by atoms with van der Waals surface area (Å²) in [6.07, 6.45) is 1.14. The second-order valence-corrected chi connectivity index (χ2v) is 10.7. The zero-order chi connectivity index (χ0) is 29.4. The van der Waals surface area contributed by atoms with E-state index >= 15 is 0 Å². The minimum absolute atomic E-state index is 0.0362. The number of nitrogens with zero attached hydrogens (tertiary/aromatic N) is 2. The summed E-state index contributed by atoms with van der Waals surface area (Å²) in [5.41, 5.74) is 10.0. The van der Waals surface area contributed by atoms with Crippen LogP contribution in [0, 0.1) is 6.92 Å². The molecule has 1 aliphatic rings. The molecule has 3 aromatic carbocycles. The third-order valence-electron chi connectivity index (χ3n) is 7.16. The molecule has 3 N–H and O–H groups in total. The summed E-state index contributed by atoms with van der Waals surface area (Å²) in [5, 5.41) is 11.2. The molecule has 1 aliphatic heterocycles. The van der Waals surface area contributed by atoms with Crippen LogP contribution in [0.25, 0.3) is 0 Å². The van der Waals surface area contributed by atoms with Gasteiger partial charge in [-0.3, -0.25) is 9.59 Å². The molecule has 0 radical (unpaired) electrons. The number of amides is 2. The van der Waals surface area contributed by atoms with E-state index in [9.17, 15) is 14.7 Å². The Morgan fingerprint density at radius 3 is 2.15 bits per heavy atom. The number of fused-ring (bicyclic) bond motifs is 1. The van der Waals surface area contributed by atoms with Crippen molar-refractivity contribution in [3.05, 3.63) is 94.5 Å². The summed E-state index contributed by atoms with van der Waals surface area (Å²) in [4.78, 5) is 30.8. The molecule has 2 atom stereocenters. The maximum absolute atomic E-state index is 14.0. The van der Waals surface area contributed by atoms with Crippen molar-refractivity contribution in [3.63, 3.8) is 0 Å². The van der Waals surface area contributed by atoms with Crippen molar-refractivity contribution in [2.24, 2.45) is 5.73 Å². The minimum atomic E-state index is -0.983. The Kier molecular flexibility index (Phi) is 10.4. The fourth-order valence-corrected chi connectivity index (χ4v) is 5.11. The lowest BCUT2D eigenvalue weighted by molar-refractivity contribution is 0.0554. The number of benzene rings is 3. The quantitative estimate of drug-likeness (QED) is 0.318. The fourth-order valence-electron chi connectivity index (χ4n) is 5.11. The number of carbonyl (C=O) groups excluding carboxylic acids is 2. The van der Waals surface area contributed by atoms with Crippen LogP contribution in [0.2, 0.25) is 0 Å². The van der Waals surface area contributed by atoms with Crippen LogP contribution in [-0.2, 0) is 13.0 Å². The molecule has 0 bridgehead atoms. The predicted octanol–water partition coefficient (Wildman–Crippen LogP) is 4.56. The predicted molar refractivity (Wildman–Crippen MR) is 159 cm³/mol. The number of aryl methyl sites for hydroxylation is 1. The van der Waals surface area contributed by atoms with Gasteiger partial charge in [-0.1, -0.05) is 50.2 Å². The van der Waals surface area contributed by atoms with Gasteiger partial charge in [0.25, 0.3) is 11.8 Å². The molecule has 0 saturated carbocycles. The van der Waals surface area contributed by atoms with Gasteiger partial charge in [0.2, 0.25) is 6.79 Å². The summed E-state index contributed by atoms with van der Waals surface area (Å²) in [7, 11) is 0. The van der Waals surface area contributed by atoms with Crippen molar-refractivity contribution >= 4 is 11.8 Å². The molecule has 0 unspecified atom stereocenters. The van der Waals surface area contributed by atoms with Gasteiger partial charge in [0.1, 0.15) is 0 Å². The van der Waals surface area contributed by atoms with Crippen molar-refractivity contribution in [3.8, 4) is 11.5 Å². The Hall–Kier alpha value is -3.88. The monoisotopic (exact) mass is 559 g/mol. The smallest absolute Gasteiger partial charge is 0.254 e. The first-order chi connectivity index (χ1) is 19.8. The Morgan fingerprint density at radius 1 is 0.854 bits per heavy atom. The standard InChI is InChI=1S/C33H41N3O5/c1-4-13-35(14-5-2)32(38)26-15-23(3)16-27(19-26)33(39)36(20-24-9-7-6-8-10-24)21-29(37)28(34)17-25-11-12-30-31(18-25)41-22-40-30/h6-12,15-16,18-19,28-29,37H,4-5,13-14,17,20-22,34H2,1-3H3/t28-,29+/m0/s1. The third kappa shape index (κ3) is 7.86. The molecule has 4 rings (SSSR count). The first kappa shape index (κ1) is 30.1. The number of carbonyl (C=O) groups is 2. The number of rotatable bonds is 13. The number of ether oxygens (including phenoxy) is 2. The number of hydrogen-bond acceptors (Lipinski definition) is 6. The van der Waals surface area contributed by atoms with Gasteiger partial charge in [-0.15, -0.1) is 0 Å². The van der Waals surface area contributed by atoms with E-state index in [1.807, 2.05) is 80.3 Å². The molecule has 1 heterocycles. The van der Waals surface area contributed by atoms with Crippen molar-refractivity contribution in [1.29, 1.82) is 0 Å². The molecule has 8 nitrogen and oxygen atoms in total. The van der Waals surface area contributed by atoms with E-state index in [1.54, 1.807) is 17.0 Å². The van der Waals surface area contributed by atoms with Gasteiger partial charge in [0.15, 0.2) is 11.5 Å². The normalized spacial score (nSPS) is 13.5. The third-order valence-corrected chi connectivity index (χ3v) is 7.16. The van der Waals surface area contributed by atoms with Crippen LogP contribution in [-0.4, -0.2) is 65.3 Å². The van der Waals surface area contributed by atoms with Crippen LogP contribution in [0.15, 0.2) is 66.7 Å². The zero-order valence-electron chi connectivity index (χ0n) is 24.2. The van der Waals surface area contributed by atoms with E-state index in [0.29, 0.717) is 48.7 Å². The van der Waals surface area contributed by atoms with Crippen LogP contribution in [0.4, 0.5) is 0 Å². The number of aliphatic hydroxyl groups is 1. The topological polar surface area (TPSA) is 105 Å². The van der Waals surface area contributed by atoms with Gasteiger partial charge in [-0.25, -0.2) is 0 Å². The van der Waals surface area contributed by atoms with E-state index in [-0.39, 0.29) is 25.2 Å². The van der Waals surface area contributed by atoms with Crippen molar-refractivity contribution < 1.29 is 24.2 Å². The molecule has 0 aromatic heterocycles. The van der Waals surface area contributed by atoms with E-state index in [0.717, 1.165) is 29.5 Å². The van der Waals surface area contributed by atoms with Gasteiger partial charge in [0.05, 0.1) is 6.10 Å². The molecule has 0 spiro atoms. The van der Waals surface area contributed by atoms with Crippen molar-refractivity contribution in [2.45, 2.75) is 58.7 Å². The Labute approximate surface area is 242 Å². The molecular formula is C33H41N3O5. The molecular weight excluding hydrogens is 518 g/mol. The van der Waals surface area contributed by atoms with Gasteiger partial charge in [-0.2, -0.15) is 0 Å². The van der Waals surface area contributed by atoms with Crippen LogP contribution in [0.1, 0.15) is 64.1 Å². The molecule has 0 fully saturated rings. The highest BCUT2D eigenvalue weighted by Gasteiger charge is 2.26. The SMILES string of the molecule is CCCN(CCC)C(=O)c1cc(C)cc(C(=O)N(Cc2ccccc2)C[C@@H](O)[C@@H](N)Cc2ccc3c(c2)OCO3)c1. The summed E-state index contributed by atoms with van der Waals surface area (Å²) in [5.74, 6) is 1.00. The van der Waals surface area contributed by atoms with E-state index in [4.69, 9.17) is 15.2 Å². The Bertz CT molecular complexity index is 1320. The summed E-state index contributed by atoms with van der Waals surface area (Å²) >= 11 is 0. The number of aliphatic hydroxyl groups excluding tert-OH is 1. The molecule has 0 saturated heterocycles. The lowest BCUT2D eigenvalue weighted by atomic mass is 10.00. The first-order valence-electron chi connectivity index (χ1n) is 14.3. The molecule has 8 heteroatoms. The Morgan fingerprint density at radius 2 is 1.49 bits per heavy atom.